The van der Waals surface area contributed by atoms with Crippen LogP contribution in [0, 0.1) is 12.8 Å². The predicted molar refractivity (Wildman–Crippen MR) is 75.3 cm³/mol. The van der Waals surface area contributed by atoms with E-state index in [1.165, 1.54) is 37.0 Å². The van der Waals surface area contributed by atoms with Crippen molar-refractivity contribution in [1.29, 1.82) is 0 Å². The van der Waals surface area contributed by atoms with Crippen molar-refractivity contribution in [2.24, 2.45) is 5.92 Å². The average Bonchev–Trinajstić information content (AvgIpc) is 2.75. The Morgan fingerprint density at radius 3 is 2.82 bits per heavy atom. The van der Waals surface area contributed by atoms with Crippen LogP contribution in [0.4, 0.5) is 0 Å². The molecule has 2 nitrogen and oxygen atoms in total. The molecule has 1 aliphatic rings. The molecule has 1 fully saturated rings. The molecule has 17 heavy (non-hydrogen) atoms. The molecule has 0 saturated heterocycles. The van der Waals surface area contributed by atoms with Gasteiger partial charge in [0.05, 0.1) is 5.01 Å². The molecule has 94 valence electrons. The molecule has 1 saturated carbocycles. The number of rotatable bonds is 4. The number of nitrogens with zero attached hydrogens (tertiary/aromatic N) is 1. The Morgan fingerprint density at radius 1 is 1.47 bits per heavy atom. The van der Waals surface area contributed by atoms with E-state index in [1.807, 2.05) is 13.2 Å². The van der Waals surface area contributed by atoms with Crippen LogP contribution in [0.3, 0.4) is 0 Å². The lowest BCUT2D eigenvalue weighted by atomic mass is 9.83. The van der Waals surface area contributed by atoms with Gasteiger partial charge in [-0.2, -0.15) is 0 Å². The first-order valence-electron chi connectivity index (χ1n) is 6.57. The second-order valence-corrected chi connectivity index (χ2v) is 6.13. The Labute approximate surface area is 108 Å². The molecule has 1 aromatic rings. The molecule has 0 bridgehead atoms. The van der Waals surface area contributed by atoms with Gasteiger partial charge in [-0.05, 0) is 38.8 Å². The molecule has 3 heteroatoms. The third-order valence-electron chi connectivity index (χ3n) is 3.48. The SMILES string of the molecule is CNCC(=Cc1cnc(C)s1)C1CCCCC1. The first-order valence-corrected chi connectivity index (χ1v) is 7.38. The highest BCUT2D eigenvalue weighted by Gasteiger charge is 2.17. The highest BCUT2D eigenvalue weighted by atomic mass is 32.1. The molecular weight excluding hydrogens is 228 g/mol. The van der Waals surface area contributed by atoms with Crippen LogP contribution in [0.1, 0.15) is 42.0 Å². The summed E-state index contributed by atoms with van der Waals surface area (Å²) in [5.74, 6) is 0.790. The Morgan fingerprint density at radius 2 is 2.24 bits per heavy atom. The van der Waals surface area contributed by atoms with Crippen LogP contribution in [0.2, 0.25) is 0 Å². The summed E-state index contributed by atoms with van der Waals surface area (Å²) >= 11 is 1.79. The van der Waals surface area contributed by atoms with Gasteiger partial charge in [-0.15, -0.1) is 11.3 Å². The normalized spacial score (nSPS) is 18.6. The minimum atomic E-state index is 0.790. The summed E-state index contributed by atoms with van der Waals surface area (Å²) in [6, 6.07) is 0. The number of thiazole rings is 1. The molecule has 2 rings (SSSR count). The quantitative estimate of drug-likeness (QED) is 0.882. The first kappa shape index (κ1) is 12.8. The molecule has 1 N–H and O–H groups in total. The van der Waals surface area contributed by atoms with Gasteiger partial charge < -0.3 is 5.32 Å². The van der Waals surface area contributed by atoms with Crippen molar-refractivity contribution < 1.29 is 0 Å². The highest BCUT2D eigenvalue weighted by Crippen LogP contribution is 2.31. The molecular formula is C14H22N2S. The van der Waals surface area contributed by atoms with Crippen LogP contribution in [0.5, 0.6) is 0 Å². The Balaban J connectivity index is 2.12. The van der Waals surface area contributed by atoms with Crippen LogP contribution in [0.15, 0.2) is 11.8 Å². The van der Waals surface area contributed by atoms with E-state index in [9.17, 15) is 0 Å². The second-order valence-electron chi connectivity index (χ2n) is 4.87. The van der Waals surface area contributed by atoms with Crippen molar-refractivity contribution >= 4 is 17.4 Å². The van der Waals surface area contributed by atoms with Crippen molar-refractivity contribution in [3.05, 3.63) is 21.7 Å². The maximum absolute atomic E-state index is 4.33. The summed E-state index contributed by atoms with van der Waals surface area (Å²) in [6.45, 7) is 3.09. The molecule has 1 aliphatic carbocycles. The fourth-order valence-electron chi connectivity index (χ4n) is 2.62. The number of nitrogens with one attached hydrogen (secondary N) is 1. The summed E-state index contributed by atoms with van der Waals surface area (Å²) < 4.78 is 0. The van der Waals surface area contributed by atoms with Gasteiger partial charge in [-0.1, -0.05) is 24.8 Å². The number of aromatic nitrogens is 1. The smallest absolute Gasteiger partial charge is 0.0900 e. The summed E-state index contributed by atoms with van der Waals surface area (Å²) in [4.78, 5) is 5.63. The zero-order valence-electron chi connectivity index (χ0n) is 10.8. The van der Waals surface area contributed by atoms with Gasteiger partial charge in [-0.25, -0.2) is 4.98 Å². The van der Waals surface area contributed by atoms with Crippen LogP contribution in [0.25, 0.3) is 6.08 Å². The standard InChI is InChI=1S/C14H22N2S/c1-11-16-10-14(17-11)8-13(9-15-2)12-6-4-3-5-7-12/h8,10,12,15H,3-7,9H2,1-2H3. The number of hydrogen-bond donors (Lipinski definition) is 1. The maximum atomic E-state index is 4.33. The van der Waals surface area contributed by atoms with Gasteiger partial charge >= 0.3 is 0 Å². The first-order chi connectivity index (χ1) is 8.29. The monoisotopic (exact) mass is 250 g/mol. The van der Waals surface area contributed by atoms with Gasteiger partial charge in [0.2, 0.25) is 0 Å². The summed E-state index contributed by atoms with van der Waals surface area (Å²) in [6.07, 6.45) is 11.3. The Hall–Kier alpha value is -0.670. The van der Waals surface area contributed by atoms with Gasteiger partial charge in [0.1, 0.15) is 0 Å². The number of aryl methyl sites for hydroxylation is 1. The lowest BCUT2D eigenvalue weighted by Crippen LogP contribution is -2.18. The van der Waals surface area contributed by atoms with Crippen LogP contribution < -0.4 is 5.32 Å². The van der Waals surface area contributed by atoms with E-state index in [4.69, 9.17) is 0 Å². The summed E-state index contributed by atoms with van der Waals surface area (Å²) in [5.41, 5.74) is 1.57. The summed E-state index contributed by atoms with van der Waals surface area (Å²) in [7, 11) is 2.04. The largest absolute Gasteiger partial charge is 0.316 e. The lowest BCUT2D eigenvalue weighted by Gasteiger charge is -2.24. The predicted octanol–water partition coefficient (Wildman–Crippen LogP) is 3.63. The second kappa shape index (κ2) is 6.31. The van der Waals surface area contributed by atoms with Crippen LogP contribution in [-0.4, -0.2) is 18.6 Å². The molecule has 0 spiro atoms. The fourth-order valence-corrected chi connectivity index (χ4v) is 3.38. The van der Waals surface area contributed by atoms with E-state index in [0.717, 1.165) is 17.5 Å². The van der Waals surface area contributed by atoms with Crippen molar-refractivity contribution in [3.8, 4) is 0 Å². The molecule has 1 aromatic heterocycles. The summed E-state index contributed by atoms with van der Waals surface area (Å²) in [5, 5.41) is 4.46. The third kappa shape index (κ3) is 3.65. The highest BCUT2D eigenvalue weighted by molar-refractivity contribution is 7.12. The van der Waals surface area contributed by atoms with Crippen molar-refractivity contribution in [2.75, 3.05) is 13.6 Å². The van der Waals surface area contributed by atoms with Gasteiger partial charge in [0.25, 0.3) is 0 Å². The molecule has 0 aromatic carbocycles. The van der Waals surface area contributed by atoms with E-state index >= 15 is 0 Å². The number of likely N-dealkylation sites (N-methyl/N-ethyl adjacent to an activating group) is 1. The van der Waals surface area contributed by atoms with Crippen LogP contribution in [-0.2, 0) is 0 Å². The van der Waals surface area contributed by atoms with Gasteiger partial charge in [0, 0.05) is 17.6 Å². The zero-order chi connectivity index (χ0) is 12.1. The van der Waals surface area contributed by atoms with E-state index in [0.29, 0.717) is 0 Å². The van der Waals surface area contributed by atoms with E-state index in [-0.39, 0.29) is 0 Å². The molecule has 0 unspecified atom stereocenters. The average molecular weight is 250 g/mol. The lowest BCUT2D eigenvalue weighted by molar-refractivity contribution is 0.398. The van der Waals surface area contributed by atoms with Gasteiger partial charge in [0.15, 0.2) is 0 Å². The molecule has 0 atom stereocenters. The Kier molecular flexibility index (Phi) is 4.75. The maximum Gasteiger partial charge on any atom is 0.0900 e. The molecule has 0 aliphatic heterocycles. The third-order valence-corrected chi connectivity index (χ3v) is 4.34. The Bertz CT molecular complexity index is 375. The molecule has 0 radical (unpaired) electrons. The fraction of sp³-hybridized carbons (Fsp3) is 0.643. The number of hydrogen-bond acceptors (Lipinski definition) is 3. The molecule has 0 amide bonds. The van der Waals surface area contributed by atoms with E-state index < -0.39 is 0 Å². The van der Waals surface area contributed by atoms with E-state index in [1.54, 1.807) is 16.9 Å². The minimum absolute atomic E-state index is 0.790. The van der Waals surface area contributed by atoms with Gasteiger partial charge in [-0.3, -0.25) is 0 Å². The topological polar surface area (TPSA) is 24.9 Å². The van der Waals surface area contributed by atoms with Crippen molar-refractivity contribution in [3.63, 3.8) is 0 Å². The van der Waals surface area contributed by atoms with Crippen LogP contribution >= 0.6 is 11.3 Å². The molecule has 1 heterocycles. The van der Waals surface area contributed by atoms with Crippen molar-refractivity contribution in [1.82, 2.24) is 10.3 Å². The van der Waals surface area contributed by atoms with Crippen molar-refractivity contribution in [2.45, 2.75) is 39.0 Å². The minimum Gasteiger partial charge on any atom is -0.316 e. The van der Waals surface area contributed by atoms with E-state index in [2.05, 4.69) is 23.3 Å². The zero-order valence-corrected chi connectivity index (χ0v) is 11.6.